The summed E-state index contributed by atoms with van der Waals surface area (Å²) >= 11 is 6.79. The first kappa shape index (κ1) is 17.6. The van der Waals surface area contributed by atoms with Gasteiger partial charge < -0.3 is 0 Å². The molecular weight excluding hydrogens is 251 g/mol. The van der Waals surface area contributed by atoms with E-state index in [0.29, 0.717) is 24.2 Å². The second-order valence-corrected chi connectivity index (χ2v) is 7.85. The highest BCUT2D eigenvalue weighted by atomic mass is 35.7. The molecule has 0 aliphatic heterocycles. The van der Waals surface area contributed by atoms with Gasteiger partial charge in [0.05, 0.1) is 0 Å². The molecule has 0 aliphatic carbocycles. The average Bonchev–Trinajstić information content (AvgIpc) is 2.15. The number of nitrogens with zero attached hydrogens (tertiary/aromatic N) is 2. The van der Waals surface area contributed by atoms with Crippen LogP contribution in [0.5, 0.6) is 0 Å². The van der Waals surface area contributed by atoms with Crippen LogP contribution in [0.2, 0.25) is 0 Å². The van der Waals surface area contributed by atoms with Crippen molar-refractivity contribution in [3.63, 3.8) is 0 Å². The summed E-state index contributed by atoms with van der Waals surface area (Å²) in [6, 6.07) is 2.01. The van der Waals surface area contributed by atoms with Crippen LogP contribution in [-0.4, -0.2) is 33.5 Å². The van der Waals surface area contributed by atoms with Crippen LogP contribution in [0.15, 0.2) is 0 Å². The maximum atomic E-state index is 6.79. The van der Waals surface area contributed by atoms with E-state index in [-0.39, 0.29) is 0 Å². The van der Waals surface area contributed by atoms with E-state index >= 15 is 0 Å². The Labute approximate surface area is 114 Å². The summed E-state index contributed by atoms with van der Waals surface area (Å²) in [5, 5.41) is 0. The van der Waals surface area contributed by atoms with Crippen molar-refractivity contribution >= 4 is 18.8 Å². The highest BCUT2D eigenvalue weighted by Gasteiger charge is 2.31. The lowest BCUT2D eigenvalue weighted by atomic mass is 10.2. The predicted molar refractivity (Wildman–Crippen MR) is 81.6 cm³/mol. The molecule has 104 valence electrons. The first-order valence-corrected chi connectivity index (χ1v) is 8.91. The zero-order valence-electron chi connectivity index (χ0n) is 12.7. The smallest absolute Gasteiger partial charge is 0.141 e. The molecule has 0 radical (unpaired) electrons. The van der Waals surface area contributed by atoms with E-state index in [1.54, 1.807) is 0 Å². The third kappa shape index (κ3) is 5.03. The zero-order chi connectivity index (χ0) is 13.7. The van der Waals surface area contributed by atoms with Crippen molar-refractivity contribution in [2.45, 2.75) is 86.0 Å². The second kappa shape index (κ2) is 7.94. The second-order valence-electron chi connectivity index (χ2n) is 5.54. The molecule has 2 nitrogen and oxygen atoms in total. The molecule has 0 aliphatic rings. The largest absolute Gasteiger partial charge is 0.252 e. The molecule has 0 heterocycles. The molecular formula is C13H30ClN2P. The number of halogens is 1. The van der Waals surface area contributed by atoms with Crippen molar-refractivity contribution in [3.8, 4) is 0 Å². The first-order chi connectivity index (χ1) is 7.73. The van der Waals surface area contributed by atoms with E-state index in [2.05, 4.69) is 64.7 Å². The van der Waals surface area contributed by atoms with Crippen molar-refractivity contribution in [1.82, 2.24) is 9.34 Å². The fourth-order valence-corrected chi connectivity index (χ4v) is 6.03. The van der Waals surface area contributed by atoms with Crippen LogP contribution in [0.1, 0.15) is 61.8 Å². The molecule has 2 atom stereocenters. The summed E-state index contributed by atoms with van der Waals surface area (Å²) < 4.78 is 4.90. The molecule has 0 fully saturated rings. The van der Waals surface area contributed by atoms with Crippen LogP contribution >= 0.6 is 18.8 Å². The van der Waals surface area contributed by atoms with E-state index < -0.39 is 7.58 Å². The van der Waals surface area contributed by atoms with Gasteiger partial charge in [-0.15, -0.1) is 0 Å². The number of hydrogen-bond donors (Lipinski definition) is 0. The van der Waals surface area contributed by atoms with Crippen molar-refractivity contribution in [1.29, 1.82) is 0 Å². The molecule has 2 unspecified atom stereocenters. The zero-order valence-corrected chi connectivity index (χ0v) is 14.4. The highest BCUT2D eigenvalue weighted by Crippen LogP contribution is 2.54. The summed E-state index contributed by atoms with van der Waals surface area (Å²) in [5.41, 5.74) is 0. The van der Waals surface area contributed by atoms with E-state index in [1.807, 2.05) is 0 Å². The van der Waals surface area contributed by atoms with Gasteiger partial charge in [-0.05, 0) is 54.9 Å². The molecule has 0 N–H and O–H groups in total. The third-order valence-electron chi connectivity index (χ3n) is 3.01. The molecule has 17 heavy (non-hydrogen) atoms. The fourth-order valence-electron chi connectivity index (χ4n) is 2.15. The Kier molecular flexibility index (Phi) is 8.24. The van der Waals surface area contributed by atoms with Crippen molar-refractivity contribution in [3.05, 3.63) is 0 Å². The van der Waals surface area contributed by atoms with Gasteiger partial charge in [-0.2, -0.15) is 0 Å². The molecule has 0 saturated carbocycles. The Balaban J connectivity index is 4.97. The lowest BCUT2D eigenvalue weighted by Gasteiger charge is -2.44. The van der Waals surface area contributed by atoms with E-state index in [4.69, 9.17) is 11.2 Å². The van der Waals surface area contributed by atoms with Crippen LogP contribution in [0, 0.1) is 0 Å². The minimum atomic E-state index is -0.732. The molecule has 0 bridgehead atoms. The molecule has 0 rings (SSSR count). The average molecular weight is 281 g/mol. The SMILES string of the molecule is CCC(C)N(C(C)C)P(Cl)N(C(C)C)C(C)C. The first-order valence-electron chi connectivity index (χ1n) is 6.76. The standard InChI is InChI=1S/C13H30ClN2P/c1-9-13(8)16(12(6)7)17(14)15(10(2)3)11(4)5/h10-13H,9H2,1-8H3. The van der Waals surface area contributed by atoms with Crippen molar-refractivity contribution in [2.75, 3.05) is 0 Å². The predicted octanol–water partition coefficient (Wildman–Crippen LogP) is 5.08. The Morgan fingerprint density at radius 1 is 0.824 bits per heavy atom. The molecule has 0 amide bonds. The van der Waals surface area contributed by atoms with Crippen LogP contribution in [-0.2, 0) is 0 Å². The molecule has 0 spiro atoms. The molecule has 0 aromatic rings. The monoisotopic (exact) mass is 280 g/mol. The van der Waals surface area contributed by atoms with Crippen LogP contribution < -0.4 is 0 Å². The number of hydrogen-bond acceptors (Lipinski definition) is 2. The summed E-state index contributed by atoms with van der Waals surface area (Å²) in [4.78, 5) is 0. The quantitative estimate of drug-likeness (QED) is 0.600. The van der Waals surface area contributed by atoms with E-state index in [1.165, 1.54) is 0 Å². The highest BCUT2D eigenvalue weighted by molar-refractivity contribution is 7.80. The molecule has 0 saturated heterocycles. The summed E-state index contributed by atoms with van der Waals surface area (Å²) in [6.45, 7) is 17.9. The van der Waals surface area contributed by atoms with E-state index in [9.17, 15) is 0 Å². The lowest BCUT2D eigenvalue weighted by Crippen LogP contribution is -2.41. The minimum Gasteiger partial charge on any atom is -0.252 e. The Hall–Kier alpha value is 0.640. The van der Waals surface area contributed by atoms with Gasteiger partial charge in [-0.3, -0.25) is 9.34 Å². The third-order valence-corrected chi connectivity index (χ3v) is 6.60. The normalized spacial score (nSPS) is 16.6. The van der Waals surface area contributed by atoms with Crippen LogP contribution in [0.3, 0.4) is 0 Å². The molecule has 0 aromatic heterocycles. The number of rotatable bonds is 7. The Morgan fingerprint density at radius 3 is 1.41 bits per heavy atom. The van der Waals surface area contributed by atoms with Gasteiger partial charge in [0.2, 0.25) is 0 Å². The maximum absolute atomic E-state index is 6.79. The summed E-state index contributed by atoms with van der Waals surface area (Å²) in [7, 11) is -0.732. The fraction of sp³-hybridized carbons (Fsp3) is 1.00. The van der Waals surface area contributed by atoms with E-state index in [0.717, 1.165) is 6.42 Å². The molecule has 4 heteroatoms. The van der Waals surface area contributed by atoms with Crippen LogP contribution in [0.4, 0.5) is 0 Å². The molecule has 0 aromatic carbocycles. The van der Waals surface area contributed by atoms with Gasteiger partial charge >= 0.3 is 0 Å². The van der Waals surface area contributed by atoms with Gasteiger partial charge in [0.15, 0.2) is 0 Å². The van der Waals surface area contributed by atoms with Crippen molar-refractivity contribution in [2.24, 2.45) is 0 Å². The van der Waals surface area contributed by atoms with Crippen molar-refractivity contribution < 1.29 is 0 Å². The van der Waals surface area contributed by atoms with Gasteiger partial charge in [0.25, 0.3) is 0 Å². The topological polar surface area (TPSA) is 6.48 Å². The van der Waals surface area contributed by atoms with Gasteiger partial charge in [-0.25, -0.2) is 0 Å². The Morgan fingerprint density at radius 2 is 1.18 bits per heavy atom. The summed E-state index contributed by atoms with van der Waals surface area (Å²) in [5.74, 6) is 0. The van der Waals surface area contributed by atoms with Gasteiger partial charge in [-0.1, -0.05) is 18.2 Å². The van der Waals surface area contributed by atoms with Crippen LogP contribution in [0.25, 0.3) is 0 Å². The lowest BCUT2D eigenvalue weighted by molar-refractivity contribution is 0.252. The van der Waals surface area contributed by atoms with Gasteiger partial charge in [0.1, 0.15) is 7.58 Å². The Bertz CT molecular complexity index is 202. The minimum absolute atomic E-state index is 0.490. The summed E-state index contributed by atoms with van der Waals surface area (Å²) in [6.07, 6.45) is 1.15. The van der Waals surface area contributed by atoms with Gasteiger partial charge in [0, 0.05) is 24.2 Å². The maximum Gasteiger partial charge on any atom is 0.141 e.